The fraction of sp³-hybridized carbons (Fsp3) is 0.600. The van der Waals surface area contributed by atoms with E-state index in [0.29, 0.717) is 6.04 Å². The summed E-state index contributed by atoms with van der Waals surface area (Å²) in [4.78, 5) is 4.76. The van der Waals surface area contributed by atoms with Crippen molar-refractivity contribution in [2.75, 3.05) is 33.3 Å². The summed E-state index contributed by atoms with van der Waals surface area (Å²) in [6.07, 6.45) is 1.06. The zero-order valence-electron chi connectivity index (χ0n) is 11.4. The maximum Gasteiger partial charge on any atom is 0.0599 e. The van der Waals surface area contributed by atoms with Gasteiger partial charge in [0.15, 0.2) is 0 Å². The molecule has 1 aliphatic rings. The quantitative estimate of drug-likeness (QED) is 0.868. The summed E-state index contributed by atoms with van der Waals surface area (Å²) in [5, 5.41) is 9.53. The van der Waals surface area contributed by atoms with Gasteiger partial charge in [-0.3, -0.25) is 4.90 Å². The first-order chi connectivity index (χ1) is 8.70. The minimum absolute atomic E-state index is 0.253. The van der Waals surface area contributed by atoms with E-state index in [4.69, 9.17) is 0 Å². The maximum absolute atomic E-state index is 9.53. The summed E-state index contributed by atoms with van der Waals surface area (Å²) in [5.74, 6) is 0. The average molecular weight is 248 g/mol. The molecular weight excluding hydrogens is 224 g/mol. The highest BCUT2D eigenvalue weighted by Gasteiger charge is 2.29. The highest BCUT2D eigenvalue weighted by Crippen LogP contribution is 2.15. The molecule has 2 rings (SSSR count). The third-order valence-electron chi connectivity index (χ3n) is 3.85. The molecule has 18 heavy (non-hydrogen) atoms. The Morgan fingerprint density at radius 2 is 1.94 bits per heavy atom. The van der Waals surface area contributed by atoms with Crippen molar-refractivity contribution in [2.45, 2.75) is 25.4 Å². The van der Waals surface area contributed by atoms with E-state index < -0.39 is 0 Å². The lowest BCUT2D eigenvalue weighted by molar-refractivity contribution is 0.0152. The molecule has 1 heterocycles. The molecule has 0 saturated carbocycles. The number of piperazine rings is 1. The molecule has 1 aliphatic heterocycles. The van der Waals surface area contributed by atoms with E-state index in [0.717, 1.165) is 26.1 Å². The Bertz CT molecular complexity index is 355. The van der Waals surface area contributed by atoms with Gasteiger partial charge in [-0.05, 0) is 26.0 Å². The molecule has 100 valence electrons. The molecule has 1 saturated heterocycles. The van der Waals surface area contributed by atoms with Crippen LogP contribution in [0.1, 0.15) is 12.5 Å². The Morgan fingerprint density at radius 1 is 1.22 bits per heavy atom. The molecule has 2 atom stereocenters. The van der Waals surface area contributed by atoms with Crippen LogP contribution in [0.25, 0.3) is 0 Å². The lowest BCUT2D eigenvalue weighted by Gasteiger charge is -2.44. The third kappa shape index (κ3) is 3.31. The average Bonchev–Trinajstić information content (AvgIpc) is 2.38. The number of rotatable bonds is 4. The van der Waals surface area contributed by atoms with Crippen LogP contribution in [0.2, 0.25) is 0 Å². The predicted octanol–water partition coefficient (Wildman–Crippen LogP) is 1.23. The van der Waals surface area contributed by atoms with E-state index in [9.17, 15) is 5.11 Å². The van der Waals surface area contributed by atoms with Crippen molar-refractivity contribution in [3.8, 4) is 0 Å². The van der Waals surface area contributed by atoms with E-state index in [1.165, 1.54) is 5.56 Å². The molecule has 0 amide bonds. The summed E-state index contributed by atoms with van der Waals surface area (Å²) < 4.78 is 0. The van der Waals surface area contributed by atoms with Crippen LogP contribution in [0.3, 0.4) is 0 Å². The van der Waals surface area contributed by atoms with Gasteiger partial charge < -0.3 is 10.0 Å². The van der Waals surface area contributed by atoms with E-state index in [-0.39, 0.29) is 12.6 Å². The second-order valence-corrected chi connectivity index (χ2v) is 5.38. The second-order valence-electron chi connectivity index (χ2n) is 5.38. The zero-order valence-corrected chi connectivity index (χ0v) is 11.4. The van der Waals surface area contributed by atoms with Crippen LogP contribution in [0.5, 0.6) is 0 Å². The van der Waals surface area contributed by atoms with Gasteiger partial charge in [-0.15, -0.1) is 0 Å². The van der Waals surface area contributed by atoms with Crippen molar-refractivity contribution in [3.05, 3.63) is 35.9 Å². The first kappa shape index (κ1) is 13.5. The molecule has 1 N–H and O–H groups in total. The smallest absolute Gasteiger partial charge is 0.0599 e. The Balaban J connectivity index is 1.94. The van der Waals surface area contributed by atoms with Crippen LogP contribution in [0.4, 0.5) is 0 Å². The summed E-state index contributed by atoms with van der Waals surface area (Å²) in [5.41, 5.74) is 1.38. The minimum atomic E-state index is 0.253. The number of hydrogen-bond acceptors (Lipinski definition) is 3. The topological polar surface area (TPSA) is 26.7 Å². The summed E-state index contributed by atoms with van der Waals surface area (Å²) in [7, 11) is 2.13. The summed E-state index contributed by atoms with van der Waals surface area (Å²) >= 11 is 0. The SMILES string of the molecule is CC1CN(C)CC(CO)N1CCc1ccccc1. The van der Waals surface area contributed by atoms with Gasteiger partial charge >= 0.3 is 0 Å². The Morgan fingerprint density at radius 3 is 2.61 bits per heavy atom. The predicted molar refractivity (Wildman–Crippen MR) is 74.7 cm³/mol. The highest BCUT2D eigenvalue weighted by molar-refractivity contribution is 5.15. The number of aliphatic hydroxyl groups excluding tert-OH is 1. The molecule has 1 aromatic rings. The van der Waals surface area contributed by atoms with Gasteiger partial charge in [0.1, 0.15) is 0 Å². The van der Waals surface area contributed by atoms with Gasteiger partial charge in [0, 0.05) is 31.7 Å². The monoisotopic (exact) mass is 248 g/mol. The van der Waals surface area contributed by atoms with E-state index in [1.54, 1.807) is 0 Å². The molecule has 0 bridgehead atoms. The molecule has 0 spiro atoms. The Hall–Kier alpha value is -0.900. The van der Waals surface area contributed by atoms with Gasteiger partial charge in [-0.25, -0.2) is 0 Å². The molecule has 3 nitrogen and oxygen atoms in total. The fourth-order valence-electron chi connectivity index (χ4n) is 2.92. The van der Waals surface area contributed by atoms with Crippen LogP contribution < -0.4 is 0 Å². The molecule has 1 aromatic carbocycles. The van der Waals surface area contributed by atoms with Crippen molar-refractivity contribution in [1.82, 2.24) is 9.80 Å². The normalized spacial score (nSPS) is 26.4. The van der Waals surface area contributed by atoms with Gasteiger partial charge in [0.05, 0.1) is 6.61 Å². The summed E-state index contributed by atoms with van der Waals surface area (Å²) in [6, 6.07) is 11.4. The van der Waals surface area contributed by atoms with Crippen molar-refractivity contribution >= 4 is 0 Å². The first-order valence-electron chi connectivity index (χ1n) is 6.79. The molecule has 0 radical (unpaired) electrons. The van der Waals surface area contributed by atoms with Crippen molar-refractivity contribution in [3.63, 3.8) is 0 Å². The van der Waals surface area contributed by atoms with Crippen molar-refractivity contribution < 1.29 is 5.11 Å². The standard InChI is InChI=1S/C15H24N2O/c1-13-10-16(2)11-15(12-18)17(13)9-8-14-6-4-3-5-7-14/h3-7,13,15,18H,8-12H2,1-2H3. The van der Waals surface area contributed by atoms with E-state index in [1.807, 2.05) is 0 Å². The number of aliphatic hydroxyl groups is 1. The lowest BCUT2D eigenvalue weighted by Crippen LogP contribution is -2.58. The first-order valence-corrected chi connectivity index (χ1v) is 6.79. The third-order valence-corrected chi connectivity index (χ3v) is 3.85. The van der Waals surface area contributed by atoms with Crippen LogP contribution in [-0.4, -0.2) is 60.3 Å². The Labute approximate surface area is 110 Å². The summed E-state index contributed by atoms with van der Waals surface area (Å²) in [6.45, 7) is 5.60. The fourth-order valence-corrected chi connectivity index (χ4v) is 2.92. The van der Waals surface area contributed by atoms with Crippen molar-refractivity contribution in [2.24, 2.45) is 0 Å². The van der Waals surface area contributed by atoms with Crippen LogP contribution in [0, 0.1) is 0 Å². The van der Waals surface area contributed by atoms with E-state index in [2.05, 4.69) is 54.1 Å². The number of benzene rings is 1. The van der Waals surface area contributed by atoms with Gasteiger partial charge in [0.25, 0.3) is 0 Å². The van der Waals surface area contributed by atoms with Gasteiger partial charge in [0.2, 0.25) is 0 Å². The maximum atomic E-state index is 9.53. The lowest BCUT2D eigenvalue weighted by atomic mass is 10.1. The molecule has 1 fully saturated rings. The molecular formula is C15H24N2O. The van der Waals surface area contributed by atoms with Gasteiger partial charge in [-0.2, -0.15) is 0 Å². The van der Waals surface area contributed by atoms with Crippen LogP contribution >= 0.6 is 0 Å². The molecule has 0 aromatic heterocycles. The molecule has 3 heteroatoms. The van der Waals surface area contributed by atoms with Crippen LogP contribution in [0.15, 0.2) is 30.3 Å². The zero-order chi connectivity index (χ0) is 13.0. The van der Waals surface area contributed by atoms with Gasteiger partial charge in [-0.1, -0.05) is 30.3 Å². The van der Waals surface area contributed by atoms with Crippen LogP contribution in [-0.2, 0) is 6.42 Å². The number of likely N-dealkylation sites (N-methyl/N-ethyl adjacent to an activating group) is 1. The second kappa shape index (κ2) is 6.32. The molecule has 2 unspecified atom stereocenters. The number of nitrogens with zero attached hydrogens (tertiary/aromatic N) is 2. The number of hydrogen-bond donors (Lipinski definition) is 1. The minimum Gasteiger partial charge on any atom is -0.395 e. The van der Waals surface area contributed by atoms with E-state index >= 15 is 0 Å². The Kier molecular flexibility index (Phi) is 4.75. The molecule has 0 aliphatic carbocycles. The largest absolute Gasteiger partial charge is 0.395 e. The van der Waals surface area contributed by atoms with Crippen molar-refractivity contribution in [1.29, 1.82) is 0 Å². The highest BCUT2D eigenvalue weighted by atomic mass is 16.3.